The molecule has 0 radical (unpaired) electrons. The van der Waals surface area contributed by atoms with Crippen LogP contribution in [0.4, 0.5) is 0 Å². The maximum absolute atomic E-state index is 3.52. The molecule has 0 amide bonds. The minimum absolute atomic E-state index is 0.900. The van der Waals surface area contributed by atoms with Crippen molar-refractivity contribution in [3.63, 3.8) is 0 Å². The van der Waals surface area contributed by atoms with Crippen LogP contribution in [0.3, 0.4) is 0 Å². The highest BCUT2D eigenvalue weighted by atomic mass is 79.9. The molecule has 0 atom stereocenters. The monoisotopic (exact) mass is 357 g/mol. The fourth-order valence-corrected chi connectivity index (χ4v) is 3.33. The van der Waals surface area contributed by atoms with Crippen LogP contribution >= 0.6 is 31.9 Å². The van der Waals surface area contributed by atoms with Gasteiger partial charge in [-0.05, 0) is 30.7 Å². The lowest BCUT2D eigenvalue weighted by molar-refractivity contribution is -0.694. The number of imidazole rings is 1. The summed E-state index contributed by atoms with van der Waals surface area (Å²) < 4.78 is 6.72. The van der Waals surface area contributed by atoms with Crippen molar-refractivity contribution < 1.29 is 4.57 Å². The van der Waals surface area contributed by atoms with E-state index in [4.69, 9.17) is 0 Å². The van der Waals surface area contributed by atoms with Gasteiger partial charge in [0.25, 0.3) is 5.82 Å². The Morgan fingerprint density at radius 2 is 1.82 bits per heavy atom. The largest absolute Gasteiger partial charge is 0.253 e. The zero-order chi connectivity index (χ0) is 12.4. The summed E-state index contributed by atoms with van der Waals surface area (Å²) in [7, 11) is 0. The van der Waals surface area contributed by atoms with Gasteiger partial charge in [-0.2, -0.15) is 0 Å². The third kappa shape index (κ3) is 2.99. The number of aryl methyl sites for hydroxylation is 1. The van der Waals surface area contributed by atoms with Crippen LogP contribution in [0.25, 0.3) is 0 Å². The molecule has 2 aromatic rings. The fourth-order valence-electron chi connectivity index (χ4n) is 1.94. The van der Waals surface area contributed by atoms with Crippen LogP contribution in [0.1, 0.15) is 18.3 Å². The topological polar surface area (TPSA) is 8.81 Å². The highest BCUT2D eigenvalue weighted by Gasteiger charge is 2.11. The van der Waals surface area contributed by atoms with E-state index in [9.17, 15) is 0 Å². The molecule has 0 fully saturated rings. The summed E-state index contributed by atoms with van der Waals surface area (Å²) in [6, 6.07) is 6.36. The Morgan fingerprint density at radius 3 is 2.35 bits per heavy atom. The van der Waals surface area contributed by atoms with E-state index in [0.717, 1.165) is 22.0 Å². The number of hydrogen-bond donors (Lipinski definition) is 0. The van der Waals surface area contributed by atoms with E-state index in [0.29, 0.717) is 0 Å². The SMILES string of the molecule is CCn1cc[n+](Cc2cc(Br)cc(Br)c2)c1C. The molecule has 0 aliphatic rings. The van der Waals surface area contributed by atoms with Crippen LogP contribution in [0, 0.1) is 6.92 Å². The van der Waals surface area contributed by atoms with Crippen molar-refractivity contribution in [2.45, 2.75) is 26.9 Å². The molecule has 0 saturated heterocycles. The van der Waals surface area contributed by atoms with Crippen molar-refractivity contribution in [1.29, 1.82) is 0 Å². The number of benzene rings is 1. The predicted octanol–water partition coefficient (Wildman–Crippen LogP) is 3.68. The Hall–Kier alpha value is -0.610. The standard InChI is InChI=1S/C13H15Br2N2/c1-3-16-4-5-17(10(16)2)9-11-6-12(14)8-13(15)7-11/h4-8H,3,9H2,1-2H3/q+1. The number of hydrogen-bond acceptors (Lipinski definition) is 0. The van der Waals surface area contributed by atoms with E-state index >= 15 is 0 Å². The second-order valence-corrected chi connectivity index (χ2v) is 5.87. The fraction of sp³-hybridized carbons (Fsp3) is 0.308. The molecule has 0 unspecified atom stereocenters. The molecule has 0 N–H and O–H groups in total. The first-order valence-corrected chi connectivity index (χ1v) is 7.19. The van der Waals surface area contributed by atoms with Crippen LogP contribution in [0.15, 0.2) is 39.5 Å². The van der Waals surface area contributed by atoms with Crippen LogP contribution in [0.5, 0.6) is 0 Å². The Kier molecular flexibility index (Phi) is 4.05. The number of rotatable bonds is 3. The number of aromatic nitrogens is 2. The van der Waals surface area contributed by atoms with Crippen molar-refractivity contribution in [2.75, 3.05) is 0 Å². The lowest BCUT2D eigenvalue weighted by atomic mass is 10.2. The minimum Gasteiger partial charge on any atom is -0.235 e. The zero-order valence-electron chi connectivity index (χ0n) is 9.95. The lowest BCUT2D eigenvalue weighted by Crippen LogP contribution is -2.36. The van der Waals surface area contributed by atoms with Gasteiger partial charge in [0.15, 0.2) is 0 Å². The maximum Gasteiger partial charge on any atom is 0.253 e. The molecule has 0 saturated carbocycles. The van der Waals surface area contributed by atoms with E-state index in [2.05, 4.69) is 85.4 Å². The van der Waals surface area contributed by atoms with Crippen molar-refractivity contribution >= 4 is 31.9 Å². The van der Waals surface area contributed by atoms with Crippen molar-refractivity contribution in [2.24, 2.45) is 0 Å². The summed E-state index contributed by atoms with van der Waals surface area (Å²) in [5.74, 6) is 1.28. The van der Waals surface area contributed by atoms with Crippen LogP contribution in [0.2, 0.25) is 0 Å². The highest BCUT2D eigenvalue weighted by Crippen LogP contribution is 2.20. The summed E-state index contributed by atoms with van der Waals surface area (Å²) in [4.78, 5) is 0. The van der Waals surface area contributed by atoms with Gasteiger partial charge in [0.1, 0.15) is 18.9 Å². The molecule has 0 bridgehead atoms. The van der Waals surface area contributed by atoms with E-state index in [1.165, 1.54) is 11.4 Å². The molecular formula is C13H15Br2N2+. The summed E-state index contributed by atoms with van der Waals surface area (Å²) in [6.07, 6.45) is 4.26. The Bertz CT molecular complexity index is 512. The van der Waals surface area contributed by atoms with E-state index < -0.39 is 0 Å². The first-order valence-electron chi connectivity index (χ1n) is 5.60. The second kappa shape index (κ2) is 5.36. The molecule has 4 heteroatoms. The summed E-state index contributed by atoms with van der Waals surface area (Å²) in [6.45, 7) is 6.22. The minimum atomic E-state index is 0.900. The molecule has 2 rings (SSSR count). The van der Waals surface area contributed by atoms with Gasteiger partial charge in [-0.1, -0.05) is 31.9 Å². The number of halogens is 2. The van der Waals surface area contributed by atoms with E-state index in [1.54, 1.807) is 0 Å². The van der Waals surface area contributed by atoms with Crippen molar-refractivity contribution in [1.82, 2.24) is 4.57 Å². The predicted molar refractivity (Wildman–Crippen MR) is 76.0 cm³/mol. The molecule has 1 aromatic carbocycles. The zero-order valence-corrected chi connectivity index (χ0v) is 13.1. The molecule has 90 valence electrons. The second-order valence-electron chi connectivity index (χ2n) is 4.04. The summed E-state index contributed by atoms with van der Waals surface area (Å²) in [5.41, 5.74) is 1.29. The lowest BCUT2D eigenvalue weighted by Gasteiger charge is -2.03. The van der Waals surface area contributed by atoms with Gasteiger partial charge in [0, 0.05) is 15.9 Å². The van der Waals surface area contributed by atoms with Gasteiger partial charge < -0.3 is 0 Å². The third-order valence-electron chi connectivity index (χ3n) is 2.87. The van der Waals surface area contributed by atoms with Gasteiger partial charge in [0.05, 0.1) is 6.54 Å². The van der Waals surface area contributed by atoms with Gasteiger partial charge in [-0.3, -0.25) is 0 Å². The summed E-state index contributed by atoms with van der Waals surface area (Å²) >= 11 is 7.04. The normalized spacial score (nSPS) is 10.8. The molecule has 1 heterocycles. The Morgan fingerprint density at radius 1 is 1.18 bits per heavy atom. The van der Waals surface area contributed by atoms with E-state index in [-0.39, 0.29) is 0 Å². The molecule has 0 aliphatic heterocycles. The Balaban J connectivity index is 2.28. The van der Waals surface area contributed by atoms with Crippen LogP contribution in [-0.4, -0.2) is 4.57 Å². The first-order chi connectivity index (χ1) is 8.10. The van der Waals surface area contributed by atoms with Crippen molar-refractivity contribution in [3.8, 4) is 0 Å². The van der Waals surface area contributed by atoms with Crippen LogP contribution in [-0.2, 0) is 13.1 Å². The first kappa shape index (κ1) is 12.8. The van der Waals surface area contributed by atoms with Gasteiger partial charge in [-0.25, -0.2) is 9.13 Å². The maximum atomic E-state index is 3.52. The Labute approximate surface area is 119 Å². The van der Waals surface area contributed by atoms with Crippen LogP contribution < -0.4 is 4.57 Å². The quantitative estimate of drug-likeness (QED) is 0.740. The third-order valence-corrected chi connectivity index (χ3v) is 3.79. The average Bonchev–Trinajstić information content (AvgIpc) is 2.58. The molecule has 0 spiro atoms. The van der Waals surface area contributed by atoms with E-state index in [1.807, 2.05) is 0 Å². The van der Waals surface area contributed by atoms with Gasteiger partial charge >= 0.3 is 0 Å². The average molecular weight is 359 g/mol. The molecule has 2 nitrogen and oxygen atoms in total. The molecular weight excluding hydrogens is 344 g/mol. The summed E-state index contributed by atoms with van der Waals surface area (Å²) in [5, 5.41) is 0. The molecule has 0 aliphatic carbocycles. The number of nitrogens with zero attached hydrogens (tertiary/aromatic N) is 2. The molecule has 1 aromatic heterocycles. The van der Waals surface area contributed by atoms with Gasteiger partial charge in [-0.15, -0.1) is 0 Å². The molecule has 17 heavy (non-hydrogen) atoms. The smallest absolute Gasteiger partial charge is 0.235 e. The van der Waals surface area contributed by atoms with Gasteiger partial charge in [0.2, 0.25) is 0 Å². The van der Waals surface area contributed by atoms with Crippen molar-refractivity contribution in [3.05, 3.63) is 50.9 Å². The highest BCUT2D eigenvalue weighted by molar-refractivity contribution is 9.11.